The van der Waals surface area contributed by atoms with Gasteiger partial charge in [-0.1, -0.05) is 30.0 Å². The van der Waals surface area contributed by atoms with Crippen molar-refractivity contribution < 1.29 is 33.3 Å². The summed E-state index contributed by atoms with van der Waals surface area (Å²) in [6.07, 6.45) is 5.33. The largest absolute Gasteiger partial charge is 0.493 e. The normalized spacial score (nSPS) is 15.6. The molecule has 0 spiro atoms. The Morgan fingerprint density at radius 1 is 1.08 bits per heavy atom. The van der Waals surface area contributed by atoms with Gasteiger partial charge in [-0.05, 0) is 56.0 Å². The van der Waals surface area contributed by atoms with Crippen molar-refractivity contribution in [3.05, 3.63) is 71.8 Å². The number of hydrogen-bond donors (Lipinski definition) is 2. The summed E-state index contributed by atoms with van der Waals surface area (Å²) in [4.78, 5) is 28.9. The van der Waals surface area contributed by atoms with Gasteiger partial charge in [-0.3, -0.25) is 0 Å². The van der Waals surface area contributed by atoms with Crippen LogP contribution in [0.2, 0.25) is 0 Å². The number of piperidine rings is 1. The Kier molecular flexibility index (Phi) is 11.8. The molecule has 1 fully saturated rings. The first-order chi connectivity index (χ1) is 18.7. The predicted molar refractivity (Wildman–Crippen MR) is 148 cm³/mol. The molecule has 2 heterocycles. The Labute approximate surface area is 231 Å². The van der Waals surface area contributed by atoms with Crippen molar-refractivity contribution in [1.82, 2.24) is 9.80 Å². The summed E-state index contributed by atoms with van der Waals surface area (Å²) in [6, 6.07) is 12.6. The Morgan fingerprint density at radius 2 is 1.77 bits per heavy atom. The number of ether oxygens (including phenoxy) is 1. The highest BCUT2D eigenvalue weighted by Crippen LogP contribution is 2.33. The quantitative estimate of drug-likeness (QED) is 0.320. The fourth-order valence-electron chi connectivity index (χ4n) is 4.22. The number of carboxylic acids is 2. The summed E-state index contributed by atoms with van der Waals surface area (Å²) in [5, 5.41) is 16.8. The minimum atomic E-state index is -1.26. The molecule has 2 aliphatic heterocycles. The average Bonchev–Trinajstić information content (AvgIpc) is 2.93. The number of rotatable bonds is 9. The van der Waals surface area contributed by atoms with E-state index in [9.17, 15) is 18.4 Å². The molecule has 0 aromatic heterocycles. The van der Waals surface area contributed by atoms with Crippen LogP contribution in [-0.4, -0.2) is 76.4 Å². The number of unbranched alkanes of at least 4 members (excludes halogenated alkanes) is 1. The number of halogens is 2. The third kappa shape index (κ3) is 9.99. The Balaban J connectivity index is 0.000000459. The molecule has 0 unspecified atom stereocenters. The summed E-state index contributed by atoms with van der Waals surface area (Å²) in [7, 11) is 2.18. The first-order valence-electron chi connectivity index (χ1n) is 12.7. The second-order valence-corrected chi connectivity index (χ2v) is 10.1. The van der Waals surface area contributed by atoms with Gasteiger partial charge >= 0.3 is 11.9 Å². The predicted octanol–water partition coefficient (Wildman–Crippen LogP) is 5.17. The van der Waals surface area contributed by atoms with Crippen LogP contribution in [0.5, 0.6) is 5.75 Å². The number of carbonyl (C=O) groups is 2. The van der Waals surface area contributed by atoms with E-state index in [2.05, 4.69) is 41.1 Å². The third-order valence-corrected chi connectivity index (χ3v) is 7.46. The molecule has 2 aromatic rings. The van der Waals surface area contributed by atoms with Crippen molar-refractivity contribution in [2.75, 3.05) is 33.3 Å². The minimum absolute atomic E-state index is 0.383. The summed E-state index contributed by atoms with van der Waals surface area (Å²) < 4.78 is 31.7. The van der Waals surface area contributed by atoms with Crippen molar-refractivity contribution >= 4 is 34.6 Å². The van der Waals surface area contributed by atoms with E-state index in [4.69, 9.17) is 19.9 Å². The van der Waals surface area contributed by atoms with Gasteiger partial charge in [0.05, 0.1) is 12.3 Å². The van der Waals surface area contributed by atoms with Gasteiger partial charge in [-0.15, -0.1) is 0 Å². The highest BCUT2D eigenvalue weighted by molar-refractivity contribution is 8.13. The first kappa shape index (κ1) is 30.1. The van der Waals surface area contributed by atoms with Gasteiger partial charge < -0.3 is 24.7 Å². The maximum Gasteiger partial charge on any atom is 0.328 e. The number of thioether (sulfide) groups is 1. The first-order valence-corrected chi connectivity index (χ1v) is 13.7. The number of aliphatic carboxylic acids is 2. The van der Waals surface area contributed by atoms with Crippen LogP contribution < -0.4 is 4.74 Å². The van der Waals surface area contributed by atoms with E-state index in [-0.39, 0.29) is 0 Å². The van der Waals surface area contributed by atoms with Gasteiger partial charge in [0.25, 0.3) is 0 Å². The fourth-order valence-corrected chi connectivity index (χ4v) is 5.27. The lowest BCUT2D eigenvalue weighted by Gasteiger charge is -2.38. The molecule has 11 heteroatoms. The molecule has 2 aromatic carbocycles. The molecule has 0 amide bonds. The SMILES string of the molecule is CN(C1=Nc2ccccc2CS1)C1CCN(CCCCOc2ccc(F)c(F)c2)CC1.O=C(O)C=CC(=O)O. The van der Waals surface area contributed by atoms with Crippen molar-refractivity contribution in [2.24, 2.45) is 4.99 Å². The number of amidine groups is 1. The topological polar surface area (TPSA) is 103 Å². The van der Waals surface area contributed by atoms with E-state index in [1.54, 1.807) is 0 Å². The third-order valence-electron chi connectivity index (χ3n) is 6.37. The van der Waals surface area contributed by atoms with E-state index < -0.39 is 23.6 Å². The van der Waals surface area contributed by atoms with Crippen LogP contribution in [0.15, 0.2) is 59.6 Å². The van der Waals surface area contributed by atoms with Crippen molar-refractivity contribution in [1.29, 1.82) is 0 Å². The molecule has 0 bridgehead atoms. The molecule has 1 saturated heterocycles. The molecule has 0 radical (unpaired) electrons. The van der Waals surface area contributed by atoms with E-state index in [1.165, 1.54) is 11.6 Å². The molecular formula is C28H33F2N3O5S. The monoisotopic (exact) mass is 561 g/mol. The number of hydrogen-bond acceptors (Lipinski definition) is 7. The van der Waals surface area contributed by atoms with Crippen LogP contribution in [0.3, 0.4) is 0 Å². The minimum Gasteiger partial charge on any atom is -0.493 e. The number of benzene rings is 2. The molecule has 210 valence electrons. The zero-order valence-electron chi connectivity index (χ0n) is 21.8. The molecule has 8 nitrogen and oxygen atoms in total. The van der Waals surface area contributed by atoms with Crippen molar-refractivity contribution in [2.45, 2.75) is 37.5 Å². The van der Waals surface area contributed by atoms with Gasteiger partial charge in [0, 0.05) is 50.2 Å². The molecule has 39 heavy (non-hydrogen) atoms. The van der Waals surface area contributed by atoms with Crippen LogP contribution in [0, 0.1) is 11.6 Å². The van der Waals surface area contributed by atoms with Crippen LogP contribution in [0.25, 0.3) is 0 Å². The van der Waals surface area contributed by atoms with Crippen LogP contribution in [0.4, 0.5) is 14.5 Å². The lowest BCUT2D eigenvalue weighted by Crippen LogP contribution is -2.45. The molecular weight excluding hydrogens is 528 g/mol. The molecule has 4 rings (SSSR count). The number of likely N-dealkylation sites (tertiary alicyclic amines) is 1. The lowest BCUT2D eigenvalue weighted by atomic mass is 10.0. The van der Waals surface area contributed by atoms with Crippen LogP contribution >= 0.6 is 11.8 Å². The lowest BCUT2D eigenvalue weighted by molar-refractivity contribution is -0.134. The smallest absolute Gasteiger partial charge is 0.328 e. The second kappa shape index (κ2) is 15.2. The Hall–Kier alpha value is -3.44. The fraction of sp³-hybridized carbons (Fsp3) is 0.393. The average molecular weight is 562 g/mol. The van der Waals surface area contributed by atoms with Crippen molar-refractivity contribution in [3.63, 3.8) is 0 Å². The van der Waals surface area contributed by atoms with Crippen LogP contribution in [-0.2, 0) is 15.3 Å². The number of para-hydroxylation sites is 1. The summed E-state index contributed by atoms with van der Waals surface area (Å²) >= 11 is 1.83. The zero-order chi connectivity index (χ0) is 28.2. The summed E-state index contributed by atoms with van der Waals surface area (Å²) in [5.74, 6) is -2.86. The van der Waals surface area contributed by atoms with E-state index in [1.807, 2.05) is 11.8 Å². The zero-order valence-corrected chi connectivity index (χ0v) is 22.6. The Bertz CT molecular complexity index is 1170. The summed E-state index contributed by atoms with van der Waals surface area (Å²) in [6.45, 7) is 3.74. The van der Waals surface area contributed by atoms with E-state index in [0.29, 0.717) is 30.6 Å². The van der Waals surface area contributed by atoms with Gasteiger partial charge in [0.2, 0.25) is 0 Å². The van der Waals surface area contributed by atoms with Gasteiger partial charge in [0.1, 0.15) is 5.75 Å². The molecule has 0 atom stereocenters. The van der Waals surface area contributed by atoms with Crippen molar-refractivity contribution in [3.8, 4) is 5.75 Å². The molecule has 0 saturated carbocycles. The highest BCUT2D eigenvalue weighted by Gasteiger charge is 2.26. The van der Waals surface area contributed by atoms with Gasteiger partial charge in [0.15, 0.2) is 16.8 Å². The highest BCUT2D eigenvalue weighted by atomic mass is 32.2. The number of aliphatic imine (C=N–C) groups is 1. The molecule has 2 aliphatic rings. The van der Waals surface area contributed by atoms with E-state index >= 15 is 0 Å². The maximum atomic E-state index is 13.2. The number of fused-ring (bicyclic) bond motifs is 1. The Morgan fingerprint density at radius 3 is 2.44 bits per heavy atom. The van der Waals surface area contributed by atoms with Gasteiger partial charge in [-0.2, -0.15) is 0 Å². The number of nitrogens with zero attached hydrogens (tertiary/aromatic N) is 3. The second-order valence-electron chi connectivity index (χ2n) is 9.14. The molecule has 0 aliphatic carbocycles. The van der Waals surface area contributed by atoms with Gasteiger partial charge in [-0.25, -0.2) is 23.4 Å². The summed E-state index contributed by atoms with van der Waals surface area (Å²) in [5.41, 5.74) is 2.42. The molecule has 2 N–H and O–H groups in total. The number of carboxylic acid groups (broad SMARTS) is 2. The van der Waals surface area contributed by atoms with Crippen LogP contribution in [0.1, 0.15) is 31.2 Å². The van der Waals surface area contributed by atoms with E-state index in [0.717, 1.165) is 74.1 Å². The maximum absolute atomic E-state index is 13.2. The standard InChI is InChI=1S/C24H29F2N3OS.C4H4O4/c1-28(24-27-23-7-3-2-6-18(23)17-31-24)19-10-13-29(14-11-19)12-4-5-15-30-20-8-9-21(25)22(26)16-20;5-3(6)1-2-4(7)8/h2-3,6-9,16,19H,4-5,10-15,17H2,1H3;1-2H,(H,5,6)(H,7,8).